The van der Waals surface area contributed by atoms with Gasteiger partial charge in [0.1, 0.15) is 0 Å². The van der Waals surface area contributed by atoms with Crippen molar-refractivity contribution in [3.8, 4) is 0 Å². The zero-order valence-electron chi connectivity index (χ0n) is 9.26. The van der Waals surface area contributed by atoms with Gasteiger partial charge in [-0.25, -0.2) is 13.1 Å². The maximum absolute atomic E-state index is 11.8. The van der Waals surface area contributed by atoms with Gasteiger partial charge in [0.05, 0.1) is 12.3 Å². The third kappa shape index (κ3) is 3.72. The molecule has 2 rings (SSSR count). The van der Waals surface area contributed by atoms with Crippen molar-refractivity contribution >= 4 is 10.0 Å². The molecular weight excluding hydrogens is 236 g/mol. The van der Waals surface area contributed by atoms with Gasteiger partial charge in [-0.3, -0.25) is 0 Å². The van der Waals surface area contributed by atoms with Crippen molar-refractivity contribution in [2.24, 2.45) is 0 Å². The summed E-state index contributed by atoms with van der Waals surface area (Å²) >= 11 is 0. The van der Waals surface area contributed by atoms with E-state index >= 15 is 0 Å². The van der Waals surface area contributed by atoms with Crippen molar-refractivity contribution in [3.05, 3.63) is 59.9 Å². The molecule has 1 aromatic heterocycles. The van der Waals surface area contributed by atoms with Crippen LogP contribution >= 0.6 is 0 Å². The Morgan fingerprint density at radius 3 is 2.47 bits per heavy atom. The van der Waals surface area contributed by atoms with Gasteiger partial charge in [-0.2, -0.15) is 0 Å². The summed E-state index contributed by atoms with van der Waals surface area (Å²) in [6.07, 6.45) is 1.76. The van der Waals surface area contributed by atoms with Crippen LogP contribution in [0.3, 0.4) is 0 Å². The van der Waals surface area contributed by atoms with Gasteiger partial charge in [-0.1, -0.05) is 30.3 Å². The molecule has 0 saturated carbocycles. The monoisotopic (exact) mass is 250 g/mol. The van der Waals surface area contributed by atoms with Crippen LogP contribution in [0, 0.1) is 0 Å². The van der Waals surface area contributed by atoms with E-state index in [9.17, 15) is 8.42 Å². The Morgan fingerprint density at radius 1 is 1.06 bits per heavy atom. The lowest BCUT2D eigenvalue weighted by atomic mass is 10.2. The van der Waals surface area contributed by atoms with Gasteiger partial charge in [-0.15, -0.1) is 0 Å². The Hall–Kier alpha value is -1.59. The summed E-state index contributed by atoms with van der Waals surface area (Å²) in [5.74, 6) is 0.00848. The first-order valence-corrected chi connectivity index (χ1v) is 6.94. The molecule has 0 amide bonds. The maximum Gasteiger partial charge on any atom is 0.216 e. The molecule has 1 heterocycles. The molecule has 0 aliphatic carbocycles. The minimum Gasteiger partial charge on any atom is -0.364 e. The van der Waals surface area contributed by atoms with Gasteiger partial charge < -0.3 is 4.98 Å². The van der Waals surface area contributed by atoms with Crippen molar-refractivity contribution in [2.45, 2.75) is 12.3 Å². The molecule has 0 unspecified atom stereocenters. The number of rotatable bonds is 5. The minimum atomic E-state index is -3.28. The Balaban J connectivity index is 1.96. The van der Waals surface area contributed by atoms with E-state index in [0.29, 0.717) is 6.54 Å². The molecule has 0 radical (unpaired) electrons. The number of nitrogens with one attached hydrogen (secondary N) is 2. The van der Waals surface area contributed by atoms with Gasteiger partial charge in [0.25, 0.3) is 0 Å². The van der Waals surface area contributed by atoms with Crippen LogP contribution in [-0.4, -0.2) is 13.4 Å². The van der Waals surface area contributed by atoms with Crippen LogP contribution in [0.2, 0.25) is 0 Å². The number of hydrogen-bond donors (Lipinski definition) is 2. The van der Waals surface area contributed by atoms with Crippen LogP contribution in [0.15, 0.2) is 48.7 Å². The van der Waals surface area contributed by atoms with Gasteiger partial charge in [0.2, 0.25) is 10.0 Å². The Kier molecular flexibility index (Phi) is 3.61. The van der Waals surface area contributed by atoms with E-state index in [1.165, 1.54) is 0 Å². The number of aromatic nitrogens is 1. The minimum absolute atomic E-state index is 0.00848. The second kappa shape index (κ2) is 5.16. The molecule has 90 valence electrons. The van der Waals surface area contributed by atoms with Crippen molar-refractivity contribution < 1.29 is 8.42 Å². The van der Waals surface area contributed by atoms with Gasteiger partial charge in [0, 0.05) is 11.9 Å². The highest BCUT2D eigenvalue weighted by molar-refractivity contribution is 7.88. The molecule has 0 fully saturated rings. The Morgan fingerprint density at radius 2 is 1.82 bits per heavy atom. The van der Waals surface area contributed by atoms with E-state index < -0.39 is 10.0 Å². The number of aromatic amines is 1. The standard InChI is InChI=1S/C12H14N2O2S/c15-17(16,10-11-5-2-1-3-6-11)14-9-12-7-4-8-13-12/h1-8,13-14H,9-10H2. The molecule has 2 aromatic rings. The molecule has 2 N–H and O–H groups in total. The normalized spacial score (nSPS) is 11.5. The predicted octanol–water partition coefficient (Wildman–Crippen LogP) is 1.63. The first-order chi connectivity index (χ1) is 8.16. The van der Waals surface area contributed by atoms with Crippen LogP contribution in [0.25, 0.3) is 0 Å². The average molecular weight is 250 g/mol. The van der Waals surface area contributed by atoms with Gasteiger partial charge >= 0.3 is 0 Å². The van der Waals surface area contributed by atoms with Crippen molar-refractivity contribution in [3.63, 3.8) is 0 Å². The Bertz CT molecular complexity index is 547. The number of benzene rings is 1. The summed E-state index contributed by atoms with van der Waals surface area (Å²) in [6.45, 7) is 0.294. The molecule has 0 saturated heterocycles. The molecule has 1 aromatic carbocycles. The van der Waals surface area contributed by atoms with Crippen molar-refractivity contribution in [1.29, 1.82) is 0 Å². The van der Waals surface area contributed by atoms with Gasteiger partial charge in [0.15, 0.2) is 0 Å². The first-order valence-electron chi connectivity index (χ1n) is 5.29. The topological polar surface area (TPSA) is 62.0 Å². The summed E-state index contributed by atoms with van der Waals surface area (Å²) in [5.41, 5.74) is 1.63. The Labute approximate surface area is 101 Å². The van der Waals surface area contributed by atoms with E-state index in [2.05, 4.69) is 9.71 Å². The summed E-state index contributed by atoms with van der Waals surface area (Å²) in [5, 5.41) is 0. The lowest BCUT2D eigenvalue weighted by molar-refractivity contribution is 0.579. The van der Waals surface area contributed by atoms with Gasteiger partial charge in [-0.05, 0) is 17.7 Å². The third-order valence-electron chi connectivity index (χ3n) is 2.34. The second-order valence-corrected chi connectivity index (χ2v) is 5.57. The molecule has 17 heavy (non-hydrogen) atoms. The zero-order chi connectivity index (χ0) is 12.1. The maximum atomic E-state index is 11.8. The largest absolute Gasteiger partial charge is 0.364 e. The number of sulfonamides is 1. The van der Waals surface area contributed by atoms with E-state index in [1.807, 2.05) is 30.3 Å². The fraction of sp³-hybridized carbons (Fsp3) is 0.167. The quantitative estimate of drug-likeness (QED) is 0.847. The van der Waals surface area contributed by atoms with Crippen LogP contribution in [0.1, 0.15) is 11.3 Å². The van der Waals surface area contributed by atoms with Crippen LogP contribution in [0.5, 0.6) is 0 Å². The summed E-state index contributed by atoms with van der Waals surface area (Å²) < 4.78 is 26.1. The van der Waals surface area contributed by atoms with Crippen LogP contribution in [-0.2, 0) is 22.3 Å². The average Bonchev–Trinajstić information content (AvgIpc) is 2.80. The van der Waals surface area contributed by atoms with E-state index in [1.54, 1.807) is 18.3 Å². The second-order valence-electron chi connectivity index (χ2n) is 3.76. The molecule has 0 bridgehead atoms. The summed E-state index contributed by atoms with van der Waals surface area (Å²) in [6, 6.07) is 12.8. The smallest absolute Gasteiger partial charge is 0.216 e. The van der Waals surface area contributed by atoms with E-state index in [-0.39, 0.29) is 5.75 Å². The van der Waals surface area contributed by atoms with E-state index in [4.69, 9.17) is 0 Å². The number of H-pyrrole nitrogens is 1. The molecule has 0 aliphatic heterocycles. The summed E-state index contributed by atoms with van der Waals surface area (Å²) in [7, 11) is -3.28. The molecule has 4 nitrogen and oxygen atoms in total. The lowest BCUT2D eigenvalue weighted by Gasteiger charge is -2.05. The molecule has 0 spiro atoms. The molecule has 5 heteroatoms. The number of hydrogen-bond acceptors (Lipinski definition) is 2. The van der Waals surface area contributed by atoms with Crippen LogP contribution in [0.4, 0.5) is 0 Å². The van der Waals surface area contributed by atoms with Crippen molar-refractivity contribution in [1.82, 2.24) is 9.71 Å². The highest BCUT2D eigenvalue weighted by atomic mass is 32.2. The predicted molar refractivity (Wildman–Crippen MR) is 66.7 cm³/mol. The zero-order valence-corrected chi connectivity index (χ0v) is 10.1. The first kappa shape index (κ1) is 11.9. The SMILES string of the molecule is O=S(=O)(Cc1ccccc1)NCc1ccc[nH]1. The highest BCUT2D eigenvalue weighted by Crippen LogP contribution is 2.04. The molecule has 0 atom stereocenters. The van der Waals surface area contributed by atoms with E-state index in [0.717, 1.165) is 11.3 Å². The lowest BCUT2D eigenvalue weighted by Crippen LogP contribution is -2.24. The van der Waals surface area contributed by atoms with Crippen LogP contribution < -0.4 is 4.72 Å². The van der Waals surface area contributed by atoms with Crippen molar-refractivity contribution in [2.75, 3.05) is 0 Å². The fourth-order valence-electron chi connectivity index (χ4n) is 1.51. The highest BCUT2D eigenvalue weighted by Gasteiger charge is 2.10. The molecule has 0 aliphatic rings. The molecular formula is C12H14N2O2S. The summed E-state index contributed by atoms with van der Waals surface area (Å²) in [4.78, 5) is 2.95. The third-order valence-corrected chi connectivity index (χ3v) is 3.64. The fourth-order valence-corrected chi connectivity index (χ4v) is 2.62.